The van der Waals surface area contributed by atoms with Crippen molar-refractivity contribution in [3.63, 3.8) is 0 Å². The molecule has 2 aliphatic heterocycles. The molecular formula is C15H30N2. The largest absolute Gasteiger partial charge is 0.242 e. The van der Waals surface area contributed by atoms with Crippen molar-refractivity contribution in [2.45, 2.75) is 58.8 Å². The monoisotopic (exact) mass is 238 g/mol. The lowest BCUT2D eigenvalue weighted by Crippen LogP contribution is -2.45. The van der Waals surface area contributed by atoms with Crippen LogP contribution >= 0.6 is 0 Å². The summed E-state index contributed by atoms with van der Waals surface area (Å²) in [6.45, 7) is 9.96. The van der Waals surface area contributed by atoms with Gasteiger partial charge in [0.1, 0.15) is 0 Å². The minimum atomic E-state index is 0.985. The summed E-state index contributed by atoms with van der Waals surface area (Å²) >= 11 is 0. The summed E-state index contributed by atoms with van der Waals surface area (Å²) in [5, 5.41) is 5.31. The van der Waals surface area contributed by atoms with Crippen LogP contribution in [0.25, 0.3) is 0 Å². The molecule has 0 radical (unpaired) electrons. The van der Waals surface area contributed by atoms with E-state index in [1.165, 1.54) is 71.1 Å². The molecule has 0 bridgehead atoms. The van der Waals surface area contributed by atoms with Gasteiger partial charge in [0.2, 0.25) is 0 Å². The third-order valence-corrected chi connectivity index (χ3v) is 4.80. The van der Waals surface area contributed by atoms with Gasteiger partial charge in [-0.15, -0.1) is 0 Å². The number of rotatable bonds is 5. The number of hydrogen-bond acceptors (Lipinski definition) is 2. The Morgan fingerprint density at radius 3 is 2.18 bits per heavy atom. The number of unbranched alkanes of at least 4 members (excludes halogenated alkanes) is 1. The molecule has 2 aliphatic rings. The maximum Gasteiger partial charge on any atom is 0.0162 e. The second-order valence-electron chi connectivity index (χ2n) is 6.01. The van der Waals surface area contributed by atoms with Crippen LogP contribution in [0.3, 0.4) is 0 Å². The van der Waals surface area contributed by atoms with Crippen LogP contribution in [-0.4, -0.2) is 36.2 Å². The van der Waals surface area contributed by atoms with E-state index in [0.717, 1.165) is 11.8 Å². The fraction of sp³-hybridized carbons (Fsp3) is 1.00. The van der Waals surface area contributed by atoms with Gasteiger partial charge >= 0.3 is 0 Å². The van der Waals surface area contributed by atoms with Gasteiger partial charge < -0.3 is 0 Å². The summed E-state index contributed by atoms with van der Waals surface area (Å²) in [6.07, 6.45) is 9.91. The van der Waals surface area contributed by atoms with Crippen molar-refractivity contribution in [1.29, 1.82) is 0 Å². The second kappa shape index (κ2) is 6.75. The van der Waals surface area contributed by atoms with Crippen molar-refractivity contribution >= 4 is 0 Å². The minimum absolute atomic E-state index is 0.985. The quantitative estimate of drug-likeness (QED) is 0.723. The normalized spacial score (nSPS) is 28.9. The van der Waals surface area contributed by atoms with Gasteiger partial charge in [0, 0.05) is 26.2 Å². The first kappa shape index (κ1) is 13.4. The summed E-state index contributed by atoms with van der Waals surface area (Å²) < 4.78 is 0. The van der Waals surface area contributed by atoms with Crippen molar-refractivity contribution in [2.24, 2.45) is 11.8 Å². The summed E-state index contributed by atoms with van der Waals surface area (Å²) in [4.78, 5) is 0. The first-order valence-corrected chi connectivity index (χ1v) is 7.83. The number of hydrogen-bond donors (Lipinski definition) is 0. The van der Waals surface area contributed by atoms with Crippen molar-refractivity contribution in [3.05, 3.63) is 0 Å². The highest BCUT2D eigenvalue weighted by Crippen LogP contribution is 2.27. The Morgan fingerprint density at radius 2 is 1.53 bits per heavy atom. The van der Waals surface area contributed by atoms with Crippen molar-refractivity contribution < 1.29 is 0 Å². The van der Waals surface area contributed by atoms with Gasteiger partial charge in [0.05, 0.1) is 0 Å². The molecule has 1 unspecified atom stereocenters. The van der Waals surface area contributed by atoms with E-state index < -0.39 is 0 Å². The van der Waals surface area contributed by atoms with Gasteiger partial charge in [-0.2, -0.15) is 0 Å². The zero-order valence-corrected chi connectivity index (χ0v) is 11.8. The van der Waals surface area contributed by atoms with Gasteiger partial charge in [-0.3, -0.25) is 0 Å². The van der Waals surface area contributed by atoms with E-state index in [0.29, 0.717) is 0 Å². The standard InChI is InChI=1S/C15H30N2/c1-3-5-6-15-9-12-17(13-15)16-10-7-14(4-2)8-11-16/h14-15H,3-13H2,1-2H3. The molecule has 2 heteroatoms. The van der Waals surface area contributed by atoms with E-state index >= 15 is 0 Å². The molecule has 0 aromatic rings. The Bertz CT molecular complexity index is 209. The molecule has 2 fully saturated rings. The molecule has 2 rings (SSSR count). The molecule has 100 valence electrons. The fourth-order valence-electron chi connectivity index (χ4n) is 3.41. The van der Waals surface area contributed by atoms with Crippen LogP contribution in [0, 0.1) is 11.8 Å². The van der Waals surface area contributed by atoms with Gasteiger partial charge in [0.25, 0.3) is 0 Å². The SMILES string of the molecule is CCCCC1CCN(N2CCC(CC)CC2)C1. The molecule has 1 atom stereocenters. The number of hydrazine groups is 1. The highest BCUT2D eigenvalue weighted by Gasteiger charge is 2.28. The highest BCUT2D eigenvalue weighted by molar-refractivity contribution is 4.77. The van der Waals surface area contributed by atoms with Crippen molar-refractivity contribution in [3.8, 4) is 0 Å². The minimum Gasteiger partial charge on any atom is -0.242 e. The van der Waals surface area contributed by atoms with Crippen molar-refractivity contribution in [2.75, 3.05) is 26.2 Å². The predicted octanol–water partition coefficient (Wildman–Crippen LogP) is 3.54. The first-order chi connectivity index (χ1) is 8.33. The lowest BCUT2D eigenvalue weighted by Gasteiger charge is -2.37. The molecular weight excluding hydrogens is 208 g/mol. The Morgan fingerprint density at radius 1 is 0.882 bits per heavy atom. The Kier molecular flexibility index (Phi) is 5.30. The van der Waals surface area contributed by atoms with Gasteiger partial charge in [-0.1, -0.05) is 33.1 Å². The molecule has 0 spiro atoms. The molecule has 2 heterocycles. The van der Waals surface area contributed by atoms with Gasteiger partial charge in [-0.25, -0.2) is 10.0 Å². The van der Waals surface area contributed by atoms with E-state index in [9.17, 15) is 0 Å². The van der Waals surface area contributed by atoms with Crippen LogP contribution in [0.5, 0.6) is 0 Å². The molecule has 0 aliphatic carbocycles. The molecule has 0 N–H and O–H groups in total. The molecule has 17 heavy (non-hydrogen) atoms. The van der Waals surface area contributed by atoms with Crippen LogP contribution in [0.1, 0.15) is 58.8 Å². The Hall–Kier alpha value is -0.0800. The molecule has 2 nitrogen and oxygen atoms in total. The summed E-state index contributed by atoms with van der Waals surface area (Å²) in [7, 11) is 0. The average molecular weight is 238 g/mol. The Balaban J connectivity index is 1.70. The van der Waals surface area contributed by atoms with Crippen molar-refractivity contribution in [1.82, 2.24) is 10.0 Å². The topological polar surface area (TPSA) is 6.48 Å². The van der Waals surface area contributed by atoms with Crippen LogP contribution in [0.4, 0.5) is 0 Å². The van der Waals surface area contributed by atoms with E-state index in [2.05, 4.69) is 23.9 Å². The van der Waals surface area contributed by atoms with Crippen LogP contribution < -0.4 is 0 Å². The van der Waals surface area contributed by atoms with Crippen LogP contribution in [0.2, 0.25) is 0 Å². The molecule has 0 saturated carbocycles. The molecule has 0 aromatic carbocycles. The van der Waals surface area contributed by atoms with Crippen LogP contribution in [0.15, 0.2) is 0 Å². The third-order valence-electron chi connectivity index (χ3n) is 4.80. The first-order valence-electron chi connectivity index (χ1n) is 7.83. The van der Waals surface area contributed by atoms with Gasteiger partial charge in [0.15, 0.2) is 0 Å². The molecule has 0 aromatic heterocycles. The zero-order valence-electron chi connectivity index (χ0n) is 11.8. The smallest absolute Gasteiger partial charge is 0.0162 e. The van der Waals surface area contributed by atoms with Gasteiger partial charge in [-0.05, 0) is 37.5 Å². The third kappa shape index (κ3) is 3.69. The molecule has 0 amide bonds. The predicted molar refractivity (Wildman–Crippen MR) is 73.8 cm³/mol. The highest BCUT2D eigenvalue weighted by atomic mass is 15.6. The fourth-order valence-corrected chi connectivity index (χ4v) is 3.41. The van der Waals surface area contributed by atoms with Crippen LogP contribution in [-0.2, 0) is 0 Å². The Labute approximate surface area is 107 Å². The van der Waals surface area contributed by atoms with E-state index in [4.69, 9.17) is 0 Å². The zero-order chi connectivity index (χ0) is 12.1. The summed E-state index contributed by atoms with van der Waals surface area (Å²) in [5.41, 5.74) is 0. The molecule has 2 saturated heterocycles. The maximum atomic E-state index is 2.66. The summed E-state index contributed by atoms with van der Waals surface area (Å²) in [6, 6.07) is 0. The van der Waals surface area contributed by atoms with E-state index in [1.807, 2.05) is 0 Å². The average Bonchev–Trinajstić information content (AvgIpc) is 2.85. The number of nitrogens with zero attached hydrogens (tertiary/aromatic N) is 2. The van der Waals surface area contributed by atoms with E-state index in [1.54, 1.807) is 0 Å². The number of piperidine rings is 1. The maximum absolute atomic E-state index is 2.66. The van der Waals surface area contributed by atoms with E-state index in [-0.39, 0.29) is 0 Å². The lowest BCUT2D eigenvalue weighted by atomic mass is 9.95. The lowest BCUT2D eigenvalue weighted by molar-refractivity contribution is -0.0339. The second-order valence-corrected chi connectivity index (χ2v) is 6.01. The summed E-state index contributed by atoms with van der Waals surface area (Å²) in [5.74, 6) is 1.99.